The number of ether oxygens (including phenoxy) is 1. The van der Waals surface area contributed by atoms with Crippen LogP contribution in [0.5, 0.6) is 5.75 Å². The smallest absolute Gasteiger partial charge is 0.335 e. The van der Waals surface area contributed by atoms with Gasteiger partial charge in [-0.25, -0.2) is 4.79 Å². The predicted octanol–water partition coefficient (Wildman–Crippen LogP) is 4.29. The fourth-order valence-electron chi connectivity index (χ4n) is 1.87. The van der Waals surface area contributed by atoms with Gasteiger partial charge in [-0.05, 0) is 47.9 Å². The summed E-state index contributed by atoms with van der Waals surface area (Å²) in [7, 11) is 0. The molecule has 4 heteroatoms. The third-order valence-corrected chi connectivity index (χ3v) is 3.49. The Kier molecular flexibility index (Phi) is 4.79. The van der Waals surface area contributed by atoms with Crippen molar-refractivity contribution in [1.82, 2.24) is 0 Å². The summed E-state index contributed by atoms with van der Waals surface area (Å²) < 4.78 is 6.84. The highest BCUT2D eigenvalue weighted by atomic mass is 79.9. The highest BCUT2D eigenvalue weighted by Gasteiger charge is 2.05. The second-order valence-electron chi connectivity index (χ2n) is 4.40. The monoisotopic (exact) mass is 334 g/mol. The summed E-state index contributed by atoms with van der Waals surface area (Å²) in [6.45, 7) is 2.50. The minimum absolute atomic E-state index is 0.284. The SMILES string of the molecule is CCc1cc(Br)ccc1OCc1ccc(C(=O)O)cc1. The topological polar surface area (TPSA) is 46.5 Å². The van der Waals surface area contributed by atoms with Crippen molar-refractivity contribution in [2.45, 2.75) is 20.0 Å². The van der Waals surface area contributed by atoms with E-state index in [0.717, 1.165) is 27.8 Å². The summed E-state index contributed by atoms with van der Waals surface area (Å²) in [6.07, 6.45) is 0.896. The molecule has 0 fully saturated rings. The van der Waals surface area contributed by atoms with Crippen molar-refractivity contribution < 1.29 is 14.6 Å². The molecule has 2 aromatic rings. The zero-order chi connectivity index (χ0) is 14.5. The van der Waals surface area contributed by atoms with Crippen molar-refractivity contribution >= 4 is 21.9 Å². The molecule has 1 N–H and O–H groups in total. The van der Waals surface area contributed by atoms with Crippen LogP contribution in [0.1, 0.15) is 28.4 Å². The van der Waals surface area contributed by atoms with Gasteiger partial charge in [0.25, 0.3) is 0 Å². The minimum Gasteiger partial charge on any atom is -0.489 e. The largest absolute Gasteiger partial charge is 0.489 e. The fraction of sp³-hybridized carbons (Fsp3) is 0.188. The number of halogens is 1. The zero-order valence-electron chi connectivity index (χ0n) is 11.1. The fourth-order valence-corrected chi connectivity index (χ4v) is 2.28. The van der Waals surface area contributed by atoms with Crippen LogP contribution in [0.2, 0.25) is 0 Å². The number of benzene rings is 2. The van der Waals surface area contributed by atoms with Gasteiger partial charge in [-0.1, -0.05) is 35.0 Å². The van der Waals surface area contributed by atoms with Crippen LogP contribution in [0.3, 0.4) is 0 Å². The summed E-state index contributed by atoms with van der Waals surface area (Å²) in [5.74, 6) is -0.0586. The average Bonchev–Trinajstić information content (AvgIpc) is 2.46. The highest BCUT2D eigenvalue weighted by molar-refractivity contribution is 9.10. The van der Waals surface area contributed by atoms with E-state index < -0.39 is 5.97 Å². The number of aryl methyl sites for hydroxylation is 1. The molecule has 0 aliphatic rings. The molecule has 0 radical (unpaired) electrons. The van der Waals surface area contributed by atoms with E-state index >= 15 is 0 Å². The van der Waals surface area contributed by atoms with Gasteiger partial charge in [-0.15, -0.1) is 0 Å². The Hall–Kier alpha value is -1.81. The molecule has 0 aromatic heterocycles. The van der Waals surface area contributed by atoms with Gasteiger partial charge in [-0.3, -0.25) is 0 Å². The van der Waals surface area contributed by atoms with Crippen molar-refractivity contribution in [3.8, 4) is 5.75 Å². The van der Waals surface area contributed by atoms with Gasteiger partial charge >= 0.3 is 5.97 Å². The number of carboxylic acids is 1. The summed E-state index contributed by atoms with van der Waals surface area (Å²) in [6, 6.07) is 12.6. The third-order valence-electron chi connectivity index (χ3n) is 3.00. The Morgan fingerprint density at radius 1 is 1.20 bits per heavy atom. The highest BCUT2D eigenvalue weighted by Crippen LogP contribution is 2.24. The molecule has 0 aliphatic carbocycles. The van der Waals surface area contributed by atoms with Gasteiger partial charge in [0.1, 0.15) is 12.4 Å². The maximum Gasteiger partial charge on any atom is 0.335 e. The van der Waals surface area contributed by atoms with Gasteiger partial charge in [0.15, 0.2) is 0 Å². The van der Waals surface area contributed by atoms with E-state index in [1.165, 1.54) is 0 Å². The van der Waals surface area contributed by atoms with E-state index in [2.05, 4.69) is 22.9 Å². The maximum absolute atomic E-state index is 10.8. The lowest BCUT2D eigenvalue weighted by molar-refractivity contribution is 0.0697. The average molecular weight is 335 g/mol. The van der Waals surface area contributed by atoms with Gasteiger partial charge in [0.05, 0.1) is 5.56 Å². The number of carbonyl (C=O) groups is 1. The Bertz CT molecular complexity index is 606. The number of rotatable bonds is 5. The first kappa shape index (κ1) is 14.6. The van der Waals surface area contributed by atoms with E-state index in [4.69, 9.17) is 9.84 Å². The summed E-state index contributed by atoms with van der Waals surface area (Å²) in [5, 5.41) is 8.84. The summed E-state index contributed by atoms with van der Waals surface area (Å²) >= 11 is 3.44. The molecule has 0 heterocycles. The van der Waals surface area contributed by atoms with Gasteiger partial charge in [0, 0.05) is 4.47 Å². The van der Waals surface area contributed by atoms with Crippen molar-refractivity contribution in [3.63, 3.8) is 0 Å². The first-order valence-electron chi connectivity index (χ1n) is 6.33. The Morgan fingerprint density at radius 2 is 1.90 bits per heavy atom. The molecule has 20 heavy (non-hydrogen) atoms. The quantitative estimate of drug-likeness (QED) is 0.887. The molecule has 2 aromatic carbocycles. The van der Waals surface area contributed by atoms with Crippen LogP contribution in [0.15, 0.2) is 46.9 Å². The van der Waals surface area contributed by atoms with E-state index in [9.17, 15) is 4.79 Å². The minimum atomic E-state index is -0.918. The lowest BCUT2D eigenvalue weighted by Crippen LogP contribution is -2.00. The van der Waals surface area contributed by atoms with Crippen LogP contribution < -0.4 is 4.74 Å². The Balaban J connectivity index is 2.06. The van der Waals surface area contributed by atoms with Gasteiger partial charge in [0.2, 0.25) is 0 Å². The second-order valence-corrected chi connectivity index (χ2v) is 5.31. The normalized spacial score (nSPS) is 10.3. The first-order valence-corrected chi connectivity index (χ1v) is 7.13. The van der Waals surface area contributed by atoms with E-state index in [-0.39, 0.29) is 5.56 Å². The zero-order valence-corrected chi connectivity index (χ0v) is 12.7. The second kappa shape index (κ2) is 6.57. The van der Waals surface area contributed by atoms with Crippen molar-refractivity contribution in [3.05, 3.63) is 63.6 Å². The van der Waals surface area contributed by atoms with Crippen LogP contribution in [-0.2, 0) is 13.0 Å². The summed E-state index contributed by atoms with van der Waals surface area (Å²) in [5.41, 5.74) is 2.37. The van der Waals surface area contributed by atoms with Gasteiger partial charge in [-0.2, -0.15) is 0 Å². The molecular weight excluding hydrogens is 320 g/mol. The molecule has 0 saturated carbocycles. The molecule has 0 saturated heterocycles. The molecule has 2 rings (SSSR count). The number of hydrogen-bond donors (Lipinski definition) is 1. The third kappa shape index (κ3) is 3.61. The van der Waals surface area contributed by atoms with Crippen molar-refractivity contribution in [2.75, 3.05) is 0 Å². The predicted molar refractivity (Wildman–Crippen MR) is 81.3 cm³/mol. The van der Waals surface area contributed by atoms with Crippen molar-refractivity contribution in [1.29, 1.82) is 0 Å². The van der Waals surface area contributed by atoms with Crippen LogP contribution in [-0.4, -0.2) is 11.1 Å². The molecule has 0 amide bonds. The molecule has 3 nitrogen and oxygen atoms in total. The standard InChI is InChI=1S/C16H15BrO3/c1-2-12-9-14(17)7-8-15(12)20-10-11-3-5-13(6-4-11)16(18)19/h3-9H,2,10H2,1H3,(H,18,19). The molecular formula is C16H15BrO3. The van der Waals surface area contributed by atoms with E-state index in [1.54, 1.807) is 24.3 Å². The molecule has 104 valence electrons. The molecule has 0 atom stereocenters. The Morgan fingerprint density at radius 3 is 2.50 bits per heavy atom. The van der Waals surface area contributed by atoms with E-state index in [1.807, 2.05) is 18.2 Å². The maximum atomic E-state index is 10.8. The van der Waals surface area contributed by atoms with Crippen LogP contribution in [0.25, 0.3) is 0 Å². The van der Waals surface area contributed by atoms with Crippen molar-refractivity contribution in [2.24, 2.45) is 0 Å². The molecule has 0 bridgehead atoms. The van der Waals surface area contributed by atoms with Crippen LogP contribution >= 0.6 is 15.9 Å². The molecule has 0 aliphatic heterocycles. The molecule has 0 spiro atoms. The number of hydrogen-bond acceptors (Lipinski definition) is 2. The number of aromatic carboxylic acids is 1. The number of carboxylic acid groups (broad SMARTS) is 1. The van der Waals surface area contributed by atoms with Crippen LogP contribution in [0.4, 0.5) is 0 Å². The van der Waals surface area contributed by atoms with Crippen LogP contribution in [0, 0.1) is 0 Å². The lowest BCUT2D eigenvalue weighted by atomic mass is 10.1. The summed E-state index contributed by atoms with van der Waals surface area (Å²) in [4.78, 5) is 10.8. The first-order chi connectivity index (χ1) is 9.60. The van der Waals surface area contributed by atoms with E-state index in [0.29, 0.717) is 6.61 Å². The lowest BCUT2D eigenvalue weighted by Gasteiger charge is -2.11. The van der Waals surface area contributed by atoms with Gasteiger partial charge < -0.3 is 9.84 Å². The Labute approximate surface area is 126 Å². The molecule has 0 unspecified atom stereocenters.